The summed E-state index contributed by atoms with van der Waals surface area (Å²) in [6, 6.07) is 19.7. The van der Waals surface area contributed by atoms with Crippen molar-refractivity contribution in [1.82, 2.24) is 4.90 Å². The molecule has 3 aromatic rings. The third-order valence-electron chi connectivity index (χ3n) is 4.81. The van der Waals surface area contributed by atoms with Crippen LogP contribution in [0.2, 0.25) is 0 Å². The van der Waals surface area contributed by atoms with Gasteiger partial charge in [0.2, 0.25) is 0 Å². The van der Waals surface area contributed by atoms with E-state index >= 15 is 0 Å². The van der Waals surface area contributed by atoms with Crippen LogP contribution < -0.4 is 4.74 Å². The fourth-order valence-corrected chi connectivity index (χ4v) is 4.11. The first-order chi connectivity index (χ1) is 15.9. The first-order valence-electron chi connectivity index (χ1n) is 9.96. The number of carboxylic acid groups (broad SMARTS) is 1. The maximum absolute atomic E-state index is 13.4. The predicted molar refractivity (Wildman–Crippen MR) is 126 cm³/mol. The molecule has 0 bridgehead atoms. The van der Waals surface area contributed by atoms with Crippen molar-refractivity contribution in [2.75, 3.05) is 7.05 Å². The number of aliphatic imine (C=N–C) groups is 1. The smallest absolute Gasteiger partial charge is 0.335 e. The number of amidine groups is 1. The minimum atomic E-state index is -1.05. The molecule has 1 aliphatic rings. The van der Waals surface area contributed by atoms with Gasteiger partial charge in [0, 0.05) is 12.6 Å². The number of halogens is 1. The standard InChI is InChI=1S/C25H19FN2O4S/c1-28-23(29)22(33-25(28)27-20-10-5-8-18(13-20)24(30)31)14-17-7-2-3-11-21(17)32-15-16-6-4-9-19(26)12-16/h2-14H,15H2,1H3,(H,30,31). The van der Waals surface area contributed by atoms with Gasteiger partial charge in [-0.05, 0) is 59.8 Å². The van der Waals surface area contributed by atoms with Gasteiger partial charge in [-0.15, -0.1) is 0 Å². The predicted octanol–water partition coefficient (Wildman–Crippen LogP) is 5.34. The van der Waals surface area contributed by atoms with Crippen molar-refractivity contribution in [3.05, 3.63) is 100 Å². The number of carbonyl (C=O) groups excluding carboxylic acids is 1. The Morgan fingerprint density at radius 3 is 2.70 bits per heavy atom. The van der Waals surface area contributed by atoms with E-state index in [9.17, 15) is 14.0 Å². The maximum Gasteiger partial charge on any atom is 0.335 e. The lowest BCUT2D eigenvalue weighted by molar-refractivity contribution is -0.121. The van der Waals surface area contributed by atoms with E-state index in [0.29, 0.717) is 32.6 Å². The number of benzene rings is 3. The van der Waals surface area contributed by atoms with Crippen molar-refractivity contribution in [3.8, 4) is 5.75 Å². The molecule has 3 aromatic carbocycles. The Labute approximate surface area is 194 Å². The normalized spacial score (nSPS) is 15.9. The number of carboxylic acids is 1. The van der Waals surface area contributed by atoms with Gasteiger partial charge in [-0.3, -0.25) is 9.69 Å². The Morgan fingerprint density at radius 2 is 1.91 bits per heavy atom. The van der Waals surface area contributed by atoms with E-state index < -0.39 is 5.97 Å². The van der Waals surface area contributed by atoms with E-state index in [0.717, 1.165) is 0 Å². The quantitative estimate of drug-likeness (QED) is 0.501. The second-order valence-electron chi connectivity index (χ2n) is 7.18. The Bertz CT molecular complexity index is 1290. The zero-order valence-electron chi connectivity index (χ0n) is 17.6. The Hall–Kier alpha value is -3.91. The van der Waals surface area contributed by atoms with Gasteiger partial charge >= 0.3 is 5.97 Å². The summed E-state index contributed by atoms with van der Waals surface area (Å²) in [5.74, 6) is -1.04. The van der Waals surface area contributed by atoms with Crippen LogP contribution in [-0.2, 0) is 11.4 Å². The Kier molecular flexibility index (Phi) is 6.55. The number of rotatable bonds is 6. The molecule has 0 saturated carbocycles. The SMILES string of the molecule is CN1C(=O)C(=Cc2ccccc2OCc2cccc(F)c2)SC1=Nc1cccc(C(=O)O)c1. The largest absolute Gasteiger partial charge is 0.488 e. The van der Waals surface area contributed by atoms with Gasteiger partial charge in [0.25, 0.3) is 5.91 Å². The molecular formula is C25H19FN2O4S. The number of amides is 1. The maximum atomic E-state index is 13.4. The molecular weight excluding hydrogens is 443 g/mol. The molecule has 8 heteroatoms. The second kappa shape index (κ2) is 9.70. The minimum absolute atomic E-state index is 0.119. The molecule has 0 atom stereocenters. The van der Waals surface area contributed by atoms with Gasteiger partial charge in [-0.2, -0.15) is 0 Å². The molecule has 1 amide bonds. The number of ether oxygens (including phenoxy) is 1. The molecule has 0 radical (unpaired) electrons. The van der Waals surface area contributed by atoms with E-state index in [1.807, 2.05) is 18.2 Å². The summed E-state index contributed by atoms with van der Waals surface area (Å²) in [5.41, 5.74) is 1.96. The lowest BCUT2D eigenvalue weighted by Crippen LogP contribution is -2.23. The molecule has 166 valence electrons. The van der Waals surface area contributed by atoms with Gasteiger partial charge in [-0.25, -0.2) is 14.2 Å². The van der Waals surface area contributed by atoms with Crippen LogP contribution in [0, 0.1) is 5.82 Å². The molecule has 1 aliphatic heterocycles. The molecule has 4 rings (SSSR count). The first kappa shape index (κ1) is 22.3. The van der Waals surface area contributed by atoms with Crippen LogP contribution in [-0.4, -0.2) is 34.1 Å². The summed E-state index contributed by atoms with van der Waals surface area (Å²) in [6.45, 7) is 0.186. The summed E-state index contributed by atoms with van der Waals surface area (Å²) in [7, 11) is 1.61. The minimum Gasteiger partial charge on any atom is -0.488 e. The number of hydrogen-bond acceptors (Lipinski definition) is 5. The van der Waals surface area contributed by atoms with E-state index in [1.165, 1.54) is 40.9 Å². The van der Waals surface area contributed by atoms with Crippen LogP contribution in [0.15, 0.2) is 82.7 Å². The van der Waals surface area contributed by atoms with Gasteiger partial charge < -0.3 is 9.84 Å². The Morgan fingerprint density at radius 1 is 1.12 bits per heavy atom. The lowest BCUT2D eigenvalue weighted by atomic mass is 10.1. The number of hydrogen-bond donors (Lipinski definition) is 1. The third-order valence-corrected chi connectivity index (χ3v) is 5.87. The molecule has 33 heavy (non-hydrogen) atoms. The summed E-state index contributed by atoms with van der Waals surface area (Å²) < 4.78 is 19.3. The van der Waals surface area contributed by atoms with Crippen molar-refractivity contribution in [1.29, 1.82) is 0 Å². The van der Waals surface area contributed by atoms with Crippen molar-refractivity contribution < 1.29 is 23.8 Å². The number of carbonyl (C=O) groups is 2. The number of nitrogens with zero attached hydrogens (tertiary/aromatic N) is 2. The zero-order valence-corrected chi connectivity index (χ0v) is 18.4. The van der Waals surface area contributed by atoms with E-state index in [2.05, 4.69) is 4.99 Å². The van der Waals surface area contributed by atoms with Crippen LogP contribution in [0.25, 0.3) is 6.08 Å². The fourth-order valence-electron chi connectivity index (χ4n) is 3.13. The average Bonchev–Trinajstić information content (AvgIpc) is 3.06. The van der Waals surface area contributed by atoms with Crippen LogP contribution in [0.3, 0.4) is 0 Å². The number of para-hydroxylation sites is 1. The highest BCUT2D eigenvalue weighted by Gasteiger charge is 2.30. The van der Waals surface area contributed by atoms with Gasteiger partial charge in [0.1, 0.15) is 18.2 Å². The number of aromatic carboxylic acids is 1. The van der Waals surface area contributed by atoms with Crippen LogP contribution in [0.1, 0.15) is 21.5 Å². The van der Waals surface area contributed by atoms with E-state index in [4.69, 9.17) is 9.84 Å². The summed E-state index contributed by atoms with van der Waals surface area (Å²) in [6.07, 6.45) is 1.72. The molecule has 0 unspecified atom stereocenters. The number of likely N-dealkylation sites (N-methyl/N-ethyl adjacent to an activating group) is 1. The Balaban J connectivity index is 1.57. The monoisotopic (exact) mass is 462 g/mol. The molecule has 1 N–H and O–H groups in total. The zero-order chi connectivity index (χ0) is 23.4. The van der Waals surface area contributed by atoms with Crippen molar-refractivity contribution in [2.45, 2.75) is 6.61 Å². The van der Waals surface area contributed by atoms with Crippen LogP contribution >= 0.6 is 11.8 Å². The second-order valence-corrected chi connectivity index (χ2v) is 8.19. The summed E-state index contributed by atoms with van der Waals surface area (Å²) in [5, 5.41) is 9.61. The summed E-state index contributed by atoms with van der Waals surface area (Å²) >= 11 is 1.19. The van der Waals surface area contributed by atoms with Crippen LogP contribution in [0.4, 0.5) is 10.1 Å². The van der Waals surface area contributed by atoms with Crippen molar-refractivity contribution in [3.63, 3.8) is 0 Å². The molecule has 0 aliphatic carbocycles. The van der Waals surface area contributed by atoms with Gasteiger partial charge in [0.15, 0.2) is 5.17 Å². The highest BCUT2D eigenvalue weighted by molar-refractivity contribution is 8.18. The molecule has 1 saturated heterocycles. The summed E-state index contributed by atoms with van der Waals surface area (Å²) in [4.78, 5) is 30.3. The van der Waals surface area contributed by atoms with Gasteiger partial charge in [0.05, 0.1) is 16.2 Å². The highest BCUT2D eigenvalue weighted by Crippen LogP contribution is 2.35. The molecule has 1 fully saturated rings. The van der Waals surface area contributed by atoms with Gasteiger partial charge in [-0.1, -0.05) is 36.4 Å². The molecule has 1 heterocycles. The van der Waals surface area contributed by atoms with E-state index in [1.54, 1.807) is 43.5 Å². The number of thioether (sulfide) groups is 1. The molecule has 6 nitrogen and oxygen atoms in total. The first-order valence-corrected chi connectivity index (χ1v) is 10.8. The molecule has 0 spiro atoms. The van der Waals surface area contributed by atoms with Crippen molar-refractivity contribution in [2.24, 2.45) is 4.99 Å². The molecule has 0 aromatic heterocycles. The topological polar surface area (TPSA) is 79.2 Å². The van der Waals surface area contributed by atoms with Crippen molar-refractivity contribution >= 4 is 40.6 Å². The van der Waals surface area contributed by atoms with E-state index in [-0.39, 0.29) is 23.9 Å². The fraction of sp³-hybridized carbons (Fsp3) is 0.0800. The lowest BCUT2D eigenvalue weighted by Gasteiger charge is -2.10. The highest BCUT2D eigenvalue weighted by atomic mass is 32.2. The average molecular weight is 463 g/mol. The van der Waals surface area contributed by atoms with Crippen LogP contribution in [0.5, 0.6) is 5.75 Å². The third kappa shape index (κ3) is 5.30.